The van der Waals surface area contributed by atoms with Crippen molar-refractivity contribution in [2.24, 2.45) is 0 Å². The number of methoxy groups -OCH3 is 1. The summed E-state index contributed by atoms with van der Waals surface area (Å²) in [6.45, 7) is 4.03. The Bertz CT molecular complexity index is 883. The zero-order valence-electron chi connectivity index (χ0n) is 18.3. The monoisotopic (exact) mass is 429 g/mol. The highest BCUT2D eigenvalue weighted by Gasteiger charge is 2.20. The first-order chi connectivity index (χ1) is 15.1. The maximum absolute atomic E-state index is 12.7. The van der Waals surface area contributed by atoms with E-state index in [0.717, 1.165) is 37.1 Å². The van der Waals surface area contributed by atoms with Gasteiger partial charge in [-0.3, -0.25) is 9.59 Å². The Morgan fingerprint density at radius 1 is 1.23 bits per heavy atom. The van der Waals surface area contributed by atoms with Crippen LogP contribution in [0.3, 0.4) is 0 Å². The van der Waals surface area contributed by atoms with Crippen molar-refractivity contribution in [2.75, 3.05) is 31.7 Å². The summed E-state index contributed by atoms with van der Waals surface area (Å²) < 4.78 is 10.0. The van der Waals surface area contributed by atoms with Gasteiger partial charge in [-0.15, -0.1) is 0 Å². The van der Waals surface area contributed by atoms with Gasteiger partial charge in [-0.2, -0.15) is 4.98 Å². The number of fused-ring (bicyclic) bond motifs is 1. The molecule has 9 nitrogen and oxygen atoms in total. The van der Waals surface area contributed by atoms with Crippen molar-refractivity contribution in [1.82, 2.24) is 20.8 Å². The van der Waals surface area contributed by atoms with Gasteiger partial charge in [0.1, 0.15) is 6.61 Å². The lowest BCUT2D eigenvalue weighted by molar-refractivity contribution is -0.122. The van der Waals surface area contributed by atoms with E-state index in [9.17, 15) is 9.59 Å². The molecular weight excluding hydrogens is 398 g/mol. The summed E-state index contributed by atoms with van der Waals surface area (Å²) in [7, 11) is 1.52. The zero-order valence-corrected chi connectivity index (χ0v) is 18.3. The van der Waals surface area contributed by atoms with Gasteiger partial charge in [0, 0.05) is 38.4 Å². The molecule has 1 aromatic heterocycles. The molecule has 1 aliphatic rings. The third-order valence-corrected chi connectivity index (χ3v) is 5.23. The van der Waals surface area contributed by atoms with E-state index in [-0.39, 0.29) is 25.0 Å². The number of carbonyl (C=O) groups excluding carboxylic acids is 2. The van der Waals surface area contributed by atoms with Gasteiger partial charge in [-0.1, -0.05) is 24.4 Å². The number of amides is 2. The Hall–Kier alpha value is -2.78. The van der Waals surface area contributed by atoms with Gasteiger partial charge in [-0.25, -0.2) is 0 Å². The number of hydrogen-bond acceptors (Lipinski definition) is 7. The molecule has 0 saturated carbocycles. The highest BCUT2D eigenvalue weighted by atomic mass is 16.5. The molecule has 0 aliphatic carbocycles. The third-order valence-electron chi connectivity index (χ3n) is 5.23. The molecule has 1 aliphatic heterocycles. The molecule has 0 atom stereocenters. The van der Waals surface area contributed by atoms with Crippen molar-refractivity contribution < 1.29 is 18.8 Å². The molecule has 2 N–H and O–H groups in total. The Morgan fingerprint density at radius 2 is 2.03 bits per heavy atom. The number of aryl methyl sites for hydroxylation is 1. The fraction of sp³-hybridized carbons (Fsp3) is 0.545. The van der Waals surface area contributed by atoms with Crippen molar-refractivity contribution in [3.05, 3.63) is 41.0 Å². The van der Waals surface area contributed by atoms with Crippen molar-refractivity contribution in [2.45, 2.75) is 52.1 Å². The molecule has 1 aromatic carbocycles. The number of rotatable bonds is 5. The quantitative estimate of drug-likeness (QED) is 0.751. The van der Waals surface area contributed by atoms with Crippen LogP contribution in [0.4, 0.5) is 5.69 Å². The predicted octanol–water partition coefficient (Wildman–Crippen LogP) is 2.34. The molecule has 0 unspecified atom stereocenters. The SMILES string of the molecule is COCC(=O)N1CCCCCCCNCc2cc(C(=O)NCc3noc(C)n3)ccc21. The minimum absolute atomic E-state index is 0.0270. The van der Waals surface area contributed by atoms with Gasteiger partial charge in [-0.05, 0) is 43.1 Å². The Balaban J connectivity index is 1.81. The number of nitrogens with zero attached hydrogens (tertiary/aromatic N) is 3. The number of anilines is 1. The van der Waals surface area contributed by atoms with Crippen molar-refractivity contribution in [3.8, 4) is 0 Å². The van der Waals surface area contributed by atoms with Crippen LogP contribution < -0.4 is 15.5 Å². The zero-order chi connectivity index (χ0) is 22.1. The van der Waals surface area contributed by atoms with Crippen LogP contribution in [-0.2, 0) is 22.6 Å². The second-order valence-electron chi connectivity index (χ2n) is 7.68. The molecule has 2 heterocycles. The lowest BCUT2D eigenvalue weighted by Crippen LogP contribution is -2.36. The van der Waals surface area contributed by atoms with Gasteiger partial charge in [0.25, 0.3) is 11.8 Å². The van der Waals surface area contributed by atoms with Crippen LogP contribution >= 0.6 is 0 Å². The largest absolute Gasteiger partial charge is 0.375 e. The fourth-order valence-corrected chi connectivity index (χ4v) is 3.66. The van der Waals surface area contributed by atoms with Crippen LogP contribution in [0.1, 0.15) is 59.7 Å². The number of carbonyl (C=O) groups is 2. The van der Waals surface area contributed by atoms with Crippen LogP contribution in [0, 0.1) is 6.92 Å². The van der Waals surface area contributed by atoms with Gasteiger partial charge < -0.3 is 24.8 Å². The number of hydrogen-bond donors (Lipinski definition) is 2. The summed E-state index contributed by atoms with van der Waals surface area (Å²) in [6.07, 6.45) is 5.48. The molecule has 0 saturated heterocycles. The molecule has 2 aromatic rings. The molecular formula is C22H31N5O4. The second-order valence-corrected chi connectivity index (χ2v) is 7.68. The minimum Gasteiger partial charge on any atom is -0.375 e. The summed E-state index contributed by atoms with van der Waals surface area (Å²) >= 11 is 0. The first-order valence-electron chi connectivity index (χ1n) is 10.8. The summed E-state index contributed by atoms with van der Waals surface area (Å²) in [6, 6.07) is 5.44. The maximum Gasteiger partial charge on any atom is 0.252 e. The van der Waals surface area contributed by atoms with E-state index in [1.165, 1.54) is 20.0 Å². The highest BCUT2D eigenvalue weighted by Crippen LogP contribution is 2.24. The highest BCUT2D eigenvalue weighted by molar-refractivity contribution is 5.98. The van der Waals surface area contributed by atoms with Crippen LogP contribution in [0.2, 0.25) is 0 Å². The van der Waals surface area contributed by atoms with Gasteiger partial charge >= 0.3 is 0 Å². The van der Waals surface area contributed by atoms with E-state index in [0.29, 0.717) is 30.4 Å². The van der Waals surface area contributed by atoms with Gasteiger partial charge in [0.2, 0.25) is 5.89 Å². The third kappa shape index (κ3) is 6.60. The molecule has 2 amide bonds. The van der Waals surface area contributed by atoms with E-state index in [2.05, 4.69) is 20.8 Å². The fourth-order valence-electron chi connectivity index (χ4n) is 3.66. The molecule has 0 fully saturated rings. The molecule has 0 bridgehead atoms. The summed E-state index contributed by atoms with van der Waals surface area (Å²) in [5.41, 5.74) is 2.25. The Morgan fingerprint density at radius 3 is 2.81 bits per heavy atom. The lowest BCUT2D eigenvalue weighted by Gasteiger charge is -2.26. The average Bonchev–Trinajstić information content (AvgIpc) is 3.17. The van der Waals surface area contributed by atoms with E-state index >= 15 is 0 Å². The number of aromatic nitrogens is 2. The van der Waals surface area contributed by atoms with Gasteiger partial charge in [0.15, 0.2) is 5.82 Å². The minimum atomic E-state index is -0.230. The molecule has 0 radical (unpaired) electrons. The molecule has 9 heteroatoms. The van der Waals surface area contributed by atoms with E-state index in [1.54, 1.807) is 17.9 Å². The van der Waals surface area contributed by atoms with Crippen LogP contribution in [0.5, 0.6) is 0 Å². The number of ether oxygens (including phenoxy) is 1. The second kappa shape index (κ2) is 11.6. The average molecular weight is 430 g/mol. The molecule has 0 spiro atoms. The van der Waals surface area contributed by atoms with Crippen molar-refractivity contribution >= 4 is 17.5 Å². The smallest absolute Gasteiger partial charge is 0.252 e. The Labute approximate surface area is 182 Å². The summed E-state index contributed by atoms with van der Waals surface area (Å²) in [5.74, 6) is 0.572. The predicted molar refractivity (Wildman–Crippen MR) is 116 cm³/mol. The molecule has 168 valence electrons. The standard InChI is InChI=1S/C22H31N5O4/c1-16-25-20(26-31-16)14-24-22(29)17-8-9-19-18(12-17)13-23-10-6-4-3-5-7-11-27(19)21(28)15-30-2/h8-9,12,23H,3-7,10-11,13-15H2,1-2H3,(H,24,29). The van der Waals surface area contributed by atoms with Crippen LogP contribution in [-0.4, -0.2) is 48.8 Å². The summed E-state index contributed by atoms with van der Waals surface area (Å²) in [4.78, 5) is 31.3. The van der Waals surface area contributed by atoms with E-state index in [4.69, 9.17) is 9.26 Å². The van der Waals surface area contributed by atoms with E-state index < -0.39 is 0 Å². The number of nitrogens with one attached hydrogen (secondary N) is 2. The molecule has 3 rings (SSSR count). The van der Waals surface area contributed by atoms with Crippen molar-refractivity contribution in [3.63, 3.8) is 0 Å². The van der Waals surface area contributed by atoms with Crippen LogP contribution in [0.25, 0.3) is 0 Å². The first-order valence-corrected chi connectivity index (χ1v) is 10.8. The van der Waals surface area contributed by atoms with Crippen LogP contribution in [0.15, 0.2) is 22.7 Å². The Kier molecular flexibility index (Phi) is 8.54. The normalized spacial score (nSPS) is 15.5. The first kappa shape index (κ1) is 22.9. The van der Waals surface area contributed by atoms with Gasteiger partial charge in [0.05, 0.1) is 6.54 Å². The van der Waals surface area contributed by atoms with E-state index in [1.807, 2.05) is 12.1 Å². The lowest BCUT2D eigenvalue weighted by atomic mass is 10.0. The van der Waals surface area contributed by atoms with Crippen molar-refractivity contribution in [1.29, 1.82) is 0 Å². The molecule has 31 heavy (non-hydrogen) atoms. The maximum atomic E-state index is 12.7. The summed E-state index contributed by atoms with van der Waals surface area (Å²) in [5, 5.41) is 10.0. The topological polar surface area (TPSA) is 110 Å². The number of benzene rings is 1.